The maximum atomic E-state index is 0. The van der Waals surface area contributed by atoms with Gasteiger partial charge in [-0.1, -0.05) is 29.7 Å². The molecule has 0 rings (SSSR count). The van der Waals surface area contributed by atoms with Crippen LogP contribution in [0.15, 0.2) is 0 Å². The van der Waals surface area contributed by atoms with E-state index in [0.29, 0.717) is 0 Å². The minimum atomic E-state index is 0. The third-order valence-corrected chi connectivity index (χ3v) is 0. The van der Waals surface area contributed by atoms with E-state index in [9.17, 15) is 0 Å². The summed E-state index contributed by atoms with van der Waals surface area (Å²) in [5, 5.41) is 0. The van der Waals surface area contributed by atoms with E-state index in [-0.39, 0.29) is 75.9 Å². The molecule has 0 aromatic heterocycles. The SMILES string of the molecule is C.C.C.C.S.[Y]. The van der Waals surface area contributed by atoms with Crippen LogP contribution in [0.3, 0.4) is 0 Å². The van der Waals surface area contributed by atoms with Crippen LogP contribution in [0.1, 0.15) is 29.7 Å². The molecule has 0 amide bonds. The van der Waals surface area contributed by atoms with Gasteiger partial charge in [-0.15, -0.1) is 0 Å². The molecule has 2 heteroatoms. The Labute approximate surface area is 75.4 Å². The second-order valence-electron chi connectivity index (χ2n) is 0. The van der Waals surface area contributed by atoms with E-state index in [1.807, 2.05) is 0 Å². The van der Waals surface area contributed by atoms with Gasteiger partial charge in [0.05, 0.1) is 0 Å². The van der Waals surface area contributed by atoms with Gasteiger partial charge < -0.3 is 0 Å². The van der Waals surface area contributed by atoms with Gasteiger partial charge >= 0.3 is 0 Å². The summed E-state index contributed by atoms with van der Waals surface area (Å²) < 4.78 is 0. The fraction of sp³-hybridized carbons (Fsp3) is 1.00. The van der Waals surface area contributed by atoms with Crippen molar-refractivity contribution in [2.24, 2.45) is 0 Å². The van der Waals surface area contributed by atoms with Crippen molar-refractivity contribution >= 4 is 13.5 Å². The van der Waals surface area contributed by atoms with E-state index in [1.165, 1.54) is 0 Å². The zero-order valence-electron chi connectivity index (χ0n) is 1.08. The normalized spacial score (nSPS) is 0. The molecular formula is C4H18SY. The van der Waals surface area contributed by atoms with Crippen molar-refractivity contribution in [3.8, 4) is 0 Å². The molecule has 43 valence electrons. The first-order chi connectivity index (χ1) is 0. The zero-order valence-corrected chi connectivity index (χ0v) is 4.92. The second-order valence-corrected chi connectivity index (χ2v) is 0. The van der Waals surface area contributed by atoms with Gasteiger partial charge in [-0.2, -0.15) is 13.5 Å². The third-order valence-electron chi connectivity index (χ3n) is 0. The van der Waals surface area contributed by atoms with Crippen molar-refractivity contribution in [1.29, 1.82) is 0 Å². The standard InChI is InChI=1S/4CH4.H2S.Y/h4*1H4;1H2;. The van der Waals surface area contributed by atoms with Crippen LogP contribution in [-0.4, -0.2) is 0 Å². The fourth-order valence-corrected chi connectivity index (χ4v) is 0. The van der Waals surface area contributed by atoms with E-state index in [0.717, 1.165) is 0 Å². The van der Waals surface area contributed by atoms with Gasteiger partial charge in [0.2, 0.25) is 0 Å². The van der Waals surface area contributed by atoms with Gasteiger partial charge in [0.1, 0.15) is 0 Å². The van der Waals surface area contributed by atoms with Crippen molar-refractivity contribution in [3.05, 3.63) is 0 Å². The monoisotopic (exact) mass is 187 g/mol. The molecule has 0 fully saturated rings. The minimum absolute atomic E-state index is 0. The van der Waals surface area contributed by atoms with Crippen molar-refractivity contribution in [2.75, 3.05) is 0 Å². The van der Waals surface area contributed by atoms with Crippen LogP contribution in [0.25, 0.3) is 0 Å². The Morgan fingerprint density at radius 3 is 0.500 bits per heavy atom. The Kier molecular flexibility index (Phi) is 2220. The first-order valence-corrected chi connectivity index (χ1v) is 0. The van der Waals surface area contributed by atoms with Gasteiger partial charge in [0, 0.05) is 32.7 Å². The Morgan fingerprint density at radius 1 is 0.500 bits per heavy atom. The van der Waals surface area contributed by atoms with Gasteiger partial charge in [-0.3, -0.25) is 0 Å². The summed E-state index contributed by atoms with van der Waals surface area (Å²) in [6.07, 6.45) is 0. The van der Waals surface area contributed by atoms with Gasteiger partial charge in [-0.25, -0.2) is 0 Å². The van der Waals surface area contributed by atoms with Crippen molar-refractivity contribution < 1.29 is 32.7 Å². The number of hydrogen-bond acceptors (Lipinski definition) is 0. The first kappa shape index (κ1) is 147. The molecule has 0 aromatic rings. The molecule has 0 atom stereocenters. The van der Waals surface area contributed by atoms with Crippen molar-refractivity contribution in [1.82, 2.24) is 0 Å². The van der Waals surface area contributed by atoms with Crippen LogP contribution in [0, 0.1) is 0 Å². The summed E-state index contributed by atoms with van der Waals surface area (Å²) in [6.45, 7) is 0. The molecule has 0 N–H and O–H groups in total. The average molecular weight is 187 g/mol. The molecule has 0 aliphatic carbocycles. The molecular weight excluding hydrogens is 169 g/mol. The molecule has 0 nitrogen and oxygen atoms in total. The van der Waals surface area contributed by atoms with E-state index < -0.39 is 0 Å². The molecule has 0 saturated heterocycles. The third kappa shape index (κ3) is 51.2. The quantitative estimate of drug-likeness (QED) is 0.547. The molecule has 6 heavy (non-hydrogen) atoms. The molecule has 0 bridgehead atoms. The molecule has 0 saturated carbocycles. The van der Waals surface area contributed by atoms with Crippen LogP contribution in [0.4, 0.5) is 0 Å². The zero-order chi connectivity index (χ0) is 0. The van der Waals surface area contributed by atoms with Crippen molar-refractivity contribution in [3.63, 3.8) is 0 Å². The summed E-state index contributed by atoms with van der Waals surface area (Å²) in [6, 6.07) is 0. The average Bonchev–Trinajstić information content (AvgIpc) is 0. The Hall–Kier alpha value is 1.45. The summed E-state index contributed by atoms with van der Waals surface area (Å²) in [5.74, 6) is 0. The number of hydrogen-bond donors (Lipinski definition) is 0. The topological polar surface area (TPSA) is 0 Å². The van der Waals surface area contributed by atoms with E-state index >= 15 is 0 Å². The van der Waals surface area contributed by atoms with Crippen LogP contribution >= 0.6 is 13.5 Å². The molecule has 0 aromatic carbocycles. The van der Waals surface area contributed by atoms with E-state index in [1.54, 1.807) is 0 Å². The molecule has 0 heterocycles. The maximum Gasteiger partial charge on any atom is 0 e. The van der Waals surface area contributed by atoms with Crippen LogP contribution in [0.2, 0.25) is 0 Å². The summed E-state index contributed by atoms with van der Waals surface area (Å²) >= 11 is 0. The molecule has 0 aliphatic heterocycles. The molecule has 0 spiro atoms. The number of rotatable bonds is 0. The largest absolute Gasteiger partial charge is 0.197 e. The van der Waals surface area contributed by atoms with Gasteiger partial charge in [0.15, 0.2) is 0 Å². The second kappa shape index (κ2) is 90.8. The van der Waals surface area contributed by atoms with E-state index in [2.05, 4.69) is 0 Å². The maximum absolute atomic E-state index is 0. The predicted octanol–water partition coefficient (Wildman–Crippen LogP) is 2.65. The summed E-state index contributed by atoms with van der Waals surface area (Å²) in [4.78, 5) is 0. The first-order valence-electron chi connectivity index (χ1n) is 0. The van der Waals surface area contributed by atoms with Crippen LogP contribution in [0.5, 0.6) is 0 Å². The fourth-order valence-electron chi connectivity index (χ4n) is 0. The van der Waals surface area contributed by atoms with Crippen LogP contribution < -0.4 is 0 Å². The smallest absolute Gasteiger partial charge is 0 e. The Morgan fingerprint density at radius 2 is 0.500 bits per heavy atom. The Bertz CT molecular complexity index is 7.51. The summed E-state index contributed by atoms with van der Waals surface area (Å²) in [7, 11) is 0. The minimum Gasteiger partial charge on any atom is -0.197 e. The Balaban J connectivity index is 0. The van der Waals surface area contributed by atoms with Gasteiger partial charge in [0.25, 0.3) is 0 Å². The summed E-state index contributed by atoms with van der Waals surface area (Å²) in [5.41, 5.74) is 0. The van der Waals surface area contributed by atoms with Gasteiger partial charge in [-0.05, 0) is 0 Å². The predicted molar refractivity (Wildman–Crippen MR) is 37.3 cm³/mol. The van der Waals surface area contributed by atoms with Crippen LogP contribution in [-0.2, 0) is 32.7 Å². The van der Waals surface area contributed by atoms with E-state index in [4.69, 9.17) is 0 Å². The molecule has 0 unspecified atom stereocenters. The molecule has 1 radical (unpaired) electrons. The molecule has 0 aliphatic rings. The van der Waals surface area contributed by atoms with Crippen molar-refractivity contribution in [2.45, 2.75) is 29.7 Å².